The normalized spacial score (nSPS) is 24.7. The highest BCUT2D eigenvalue weighted by Crippen LogP contribution is 2.51. The van der Waals surface area contributed by atoms with Crippen molar-refractivity contribution in [3.8, 4) is 6.07 Å². The first-order valence-electron chi connectivity index (χ1n) is 8.59. The van der Waals surface area contributed by atoms with Crippen molar-refractivity contribution >= 4 is 29.3 Å². The van der Waals surface area contributed by atoms with Crippen molar-refractivity contribution in [2.24, 2.45) is 0 Å². The highest BCUT2D eigenvalue weighted by atomic mass is 35.5. The van der Waals surface area contributed by atoms with Gasteiger partial charge in [-0.1, -0.05) is 53.6 Å². The molecule has 4 rings (SSSR count). The standard InChI is InChI=1S/C21H17ClN2O2S/c1-13-2-6-15(7-3-13)21(26)12-27-20-18(11-23)17(10-19(25)24(20)21)14-4-8-16(22)9-5-14/h2-9,17,26H,10,12H2,1H3/t17-,21+/m0/s1. The SMILES string of the molecule is Cc1ccc([C@]2(O)CSC3=C(C#N)[C@H](c4ccc(Cl)cc4)CC(=O)N32)cc1. The van der Waals surface area contributed by atoms with E-state index in [2.05, 4.69) is 6.07 Å². The van der Waals surface area contributed by atoms with Gasteiger partial charge in [0.1, 0.15) is 0 Å². The number of amides is 1. The Balaban J connectivity index is 1.79. The van der Waals surface area contributed by atoms with Crippen LogP contribution in [0.5, 0.6) is 0 Å². The lowest BCUT2D eigenvalue weighted by Crippen LogP contribution is -2.48. The number of nitriles is 1. The van der Waals surface area contributed by atoms with Crippen LogP contribution in [0.2, 0.25) is 5.02 Å². The van der Waals surface area contributed by atoms with Crippen molar-refractivity contribution in [1.82, 2.24) is 4.90 Å². The lowest BCUT2D eigenvalue weighted by atomic mass is 9.85. The third-order valence-corrected chi connectivity index (χ3v) is 6.57. The molecule has 2 heterocycles. The van der Waals surface area contributed by atoms with E-state index in [0.717, 1.165) is 11.1 Å². The molecule has 2 aliphatic heterocycles. The number of thioether (sulfide) groups is 1. The van der Waals surface area contributed by atoms with E-state index in [1.807, 2.05) is 43.3 Å². The first-order valence-corrected chi connectivity index (χ1v) is 9.95. The first kappa shape index (κ1) is 18.1. The Labute approximate surface area is 167 Å². The van der Waals surface area contributed by atoms with Gasteiger partial charge in [-0.05, 0) is 24.6 Å². The molecule has 0 aromatic heterocycles. The number of hydrogen-bond donors (Lipinski definition) is 1. The maximum atomic E-state index is 13.0. The molecule has 1 saturated heterocycles. The largest absolute Gasteiger partial charge is 0.366 e. The fourth-order valence-electron chi connectivity index (χ4n) is 3.64. The zero-order valence-corrected chi connectivity index (χ0v) is 16.2. The van der Waals surface area contributed by atoms with E-state index in [0.29, 0.717) is 26.9 Å². The van der Waals surface area contributed by atoms with Crippen LogP contribution in [-0.2, 0) is 10.5 Å². The topological polar surface area (TPSA) is 64.3 Å². The molecule has 2 atom stereocenters. The first-order chi connectivity index (χ1) is 12.9. The highest BCUT2D eigenvalue weighted by Gasteiger charge is 2.51. The van der Waals surface area contributed by atoms with E-state index >= 15 is 0 Å². The maximum absolute atomic E-state index is 13.0. The van der Waals surface area contributed by atoms with Crippen molar-refractivity contribution in [3.63, 3.8) is 0 Å². The molecule has 0 radical (unpaired) electrons. The van der Waals surface area contributed by atoms with Crippen LogP contribution in [0.1, 0.15) is 29.0 Å². The van der Waals surface area contributed by atoms with Gasteiger partial charge in [-0.3, -0.25) is 9.69 Å². The van der Waals surface area contributed by atoms with Crippen LogP contribution in [0.25, 0.3) is 0 Å². The number of hydrogen-bond acceptors (Lipinski definition) is 4. The zero-order chi connectivity index (χ0) is 19.2. The summed E-state index contributed by atoms with van der Waals surface area (Å²) in [7, 11) is 0. The number of rotatable bonds is 2. The average Bonchev–Trinajstić information content (AvgIpc) is 3.02. The quantitative estimate of drug-likeness (QED) is 0.822. The molecule has 2 aromatic rings. The molecule has 1 fully saturated rings. The van der Waals surface area contributed by atoms with Crippen LogP contribution >= 0.6 is 23.4 Å². The molecule has 27 heavy (non-hydrogen) atoms. The van der Waals surface area contributed by atoms with Gasteiger partial charge in [-0.2, -0.15) is 5.26 Å². The summed E-state index contributed by atoms with van der Waals surface area (Å²) in [5.74, 6) is -0.203. The summed E-state index contributed by atoms with van der Waals surface area (Å²) in [6, 6.07) is 17.0. The Morgan fingerprint density at radius 1 is 1.22 bits per heavy atom. The van der Waals surface area contributed by atoms with Crippen molar-refractivity contribution in [1.29, 1.82) is 5.26 Å². The molecule has 2 aromatic carbocycles. The van der Waals surface area contributed by atoms with Gasteiger partial charge in [-0.15, -0.1) is 11.8 Å². The van der Waals surface area contributed by atoms with Gasteiger partial charge in [0.25, 0.3) is 0 Å². The third kappa shape index (κ3) is 2.94. The molecular formula is C21H17ClN2O2S. The molecule has 0 saturated carbocycles. The molecule has 6 heteroatoms. The predicted molar refractivity (Wildman–Crippen MR) is 106 cm³/mol. The molecule has 136 valence electrons. The van der Waals surface area contributed by atoms with Crippen molar-refractivity contribution < 1.29 is 9.90 Å². The lowest BCUT2D eigenvalue weighted by molar-refractivity contribution is -0.149. The lowest BCUT2D eigenvalue weighted by Gasteiger charge is -2.38. The smallest absolute Gasteiger partial charge is 0.231 e. The van der Waals surface area contributed by atoms with Crippen LogP contribution in [0.3, 0.4) is 0 Å². The predicted octanol–water partition coefficient (Wildman–Crippen LogP) is 4.29. The van der Waals surface area contributed by atoms with E-state index < -0.39 is 5.72 Å². The van der Waals surface area contributed by atoms with E-state index in [4.69, 9.17) is 11.6 Å². The molecule has 4 nitrogen and oxygen atoms in total. The van der Waals surface area contributed by atoms with Gasteiger partial charge < -0.3 is 5.11 Å². The molecule has 0 spiro atoms. The van der Waals surface area contributed by atoms with Gasteiger partial charge >= 0.3 is 0 Å². The average molecular weight is 397 g/mol. The molecule has 0 bridgehead atoms. The van der Waals surface area contributed by atoms with E-state index in [-0.39, 0.29) is 18.2 Å². The Bertz CT molecular complexity index is 979. The Hall–Kier alpha value is -2.26. The van der Waals surface area contributed by atoms with Crippen LogP contribution in [0, 0.1) is 18.3 Å². The molecular weight excluding hydrogens is 380 g/mol. The van der Waals surface area contributed by atoms with Gasteiger partial charge in [0.2, 0.25) is 5.91 Å². The number of carbonyl (C=O) groups is 1. The molecule has 1 N–H and O–H groups in total. The maximum Gasteiger partial charge on any atom is 0.231 e. The summed E-state index contributed by atoms with van der Waals surface area (Å²) in [6.07, 6.45) is 0.142. The number of benzene rings is 2. The van der Waals surface area contributed by atoms with Crippen molar-refractivity contribution in [3.05, 3.63) is 80.8 Å². The molecule has 0 unspecified atom stereocenters. The Morgan fingerprint density at radius 3 is 2.52 bits per heavy atom. The monoisotopic (exact) mass is 396 g/mol. The summed E-state index contributed by atoms with van der Waals surface area (Å²) in [5.41, 5.74) is 1.70. The molecule has 0 aliphatic carbocycles. The summed E-state index contributed by atoms with van der Waals surface area (Å²) < 4.78 is 0. The Morgan fingerprint density at radius 2 is 1.89 bits per heavy atom. The minimum atomic E-state index is -1.43. The minimum absolute atomic E-state index is 0.142. The van der Waals surface area contributed by atoms with Gasteiger partial charge in [0, 0.05) is 22.9 Å². The molecule has 2 aliphatic rings. The van der Waals surface area contributed by atoms with Crippen molar-refractivity contribution in [2.45, 2.75) is 25.0 Å². The fourth-order valence-corrected chi connectivity index (χ4v) is 5.12. The van der Waals surface area contributed by atoms with Gasteiger partial charge in [0.05, 0.1) is 22.4 Å². The fraction of sp³-hybridized carbons (Fsp3) is 0.238. The highest BCUT2D eigenvalue weighted by molar-refractivity contribution is 8.03. The summed E-state index contributed by atoms with van der Waals surface area (Å²) in [5, 5.41) is 22.3. The summed E-state index contributed by atoms with van der Waals surface area (Å²) in [6.45, 7) is 1.97. The second-order valence-electron chi connectivity index (χ2n) is 6.84. The second-order valence-corrected chi connectivity index (χ2v) is 8.24. The third-order valence-electron chi connectivity index (χ3n) is 5.10. The van der Waals surface area contributed by atoms with Crippen molar-refractivity contribution in [2.75, 3.05) is 5.75 Å². The summed E-state index contributed by atoms with van der Waals surface area (Å²) in [4.78, 5) is 14.4. The number of allylic oxidation sites excluding steroid dienone is 1. The second kappa shape index (κ2) is 6.72. The van der Waals surface area contributed by atoms with Crippen LogP contribution < -0.4 is 0 Å². The van der Waals surface area contributed by atoms with E-state index in [9.17, 15) is 15.2 Å². The number of aliphatic hydroxyl groups is 1. The van der Waals surface area contributed by atoms with Crippen LogP contribution in [-0.4, -0.2) is 21.7 Å². The number of fused-ring (bicyclic) bond motifs is 1. The number of nitrogens with zero attached hydrogens (tertiary/aromatic N) is 2. The van der Waals surface area contributed by atoms with Crippen LogP contribution in [0.4, 0.5) is 0 Å². The number of aryl methyl sites for hydroxylation is 1. The number of carbonyl (C=O) groups excluding carboxylic acids is 1. The summed E-state index contributed by atoms with van der Waals surface area (Å²) >= 11 is 7.32. The van der Waals surface area contributed by atoms with E-state index in [1.165, 1.54) is 16.7 Å². The van der Waals surface area contributed by atoms with Gasteiger partial charge in [-0.25, -0.2) is 0 Å². The van der Waals surface area contributed by atoms with Gasteiger partial charge in [0.15, 0.2) is 5.72 Å². The minimum Gasteiger partial charge on any atom is -0.366 e. The van der Waals surface area contributed by atoms with Crippen LogP contribution in [0.15, 0.2) is 59.1 Å². The molecule has 1 amide bonds. The van der Waals surface area contributed by atoms with E-state index in [1.54, 1.807) is 12.1 Å². The Kier molecular flexibility index (Phi) is 4.51. The zero-order valence-electron chi connectivity index (χ0n) is 14.6. The number of halogens is 1.